The van der Waals surface area contributed by atoms with Crippen molar-refractivity contribution in [1.82, 2.24) is 9.96 Å². The second-order valence-corrected chi connectivity index (χ2v) is 7.43. The minimum atomic E-state index is -0.739. The van der Waals surface area contributed by atoms with Crippen molar-refractivity contribution in [2.75, 3.05) is 19.8 Å². The van der Waals surface area contributed by atoms with Crippen molar-refractivity contribution in [3.8, 4) is 0 Å². The largest absolute Gasteiger partial charge is 0.447 e. The third kappa shape index (κ3) is 3.84. The number of hydroxylamine groups is 2. The van der Waals surface area contributed by atoms with Crippen LogP contribution in [0.15, 0.2) is 30.3 Å². The minimum Gasteiger partial charge on any atom is -0.447 e. The predicted octanol–water partition coefficient (Wildman–Crippen LogP) is 1.69. The Morgan fingerprint density at radius 2 is 2.04 bits per heavy atom. The Hall–Kier alpha value is -2.00. The van der Waals surface area contributed by atoms with E-state index in [2.05, 4.69) is 0 Å². The van der Waals surface area contributed by atoms with Gasteiger partial charge in [-0.1, -0.05) is 30.3 Å². The van der Waals surface area contributed by atoms with Crippen molar-refractivity contribution >= 4 is 12.0 Å². The van der Waals surface area contributed by atoms with Crippen molar-refractivity contribution < 1.29 is 28.6 Å². The van der Waals surface area contributed by atoms with E-state index in [1.165, 1.54) is 0 Å². The lowest BCUT2D eigenvalue weighted by molar-refractivity contribution is -0.200. The molecular formula is C19H24N2O6. The van der Waals surface area contributed by atoms with Crippen molar-refractivity contribution in [1.29, 1.82) is 0 Å². The molecule has 3 aliphatic heterocycles. The molecule has 3 atom stereocenters. The molecule has 8 heteroatoms. The summed E-state index contributed by atoms with van der Waals surface area (Å²) >= 11 is 0. The van der Waals surface area contributed by atoms with E-state index in [1.54, 1.807) is 5.06 Å². The fourth-order valence-electron chi connectivity index (χ4n) is 3.70. The first-order valence-electron chi connectivity index (χ1n) is 9.20. The second kappa shape index (κ2) is 7.20. The van der Waals surface area contributed by atoms with Gasteiger partial charge in [-0.05, 0) is 19.4 Å². The number of benzene rings is 1. The van der Waals surface area contributed by atoms with Crippen LogP contribution in [-0.4, -0.2) is 65.8 Å². The monoisotopic (exact) mass is 376 g/mol. The summed E-state index contributed by atoms with van der Waals surface area (Å²) in [7, 11) is 0. The molecule has 1 aromatic rings. The van der Waals surface area contributed by atoms with E-state index in [0.717, 1.165) is 10.5 Å². The minimum absolute atomic E-state index is 0.153. The summed E-state index contributed by atoms with van der Waals surface area (Å²) < 4.78 is 16.6. The molecule has 27 heavy (non-hydrogen) atoms. The van der Waals surface area contributed by atoms with E-state index in [1.807, 2.05) is 44.2 Å². The Balaban J connectivity index is 1.51. The molecule has 3 saturated heterocycles. The molecule has 0 saturated carbocycles. The zero-order valence-corrected chi connectivity index (χ0v) is 15.5. The first-order valence-corrected chi connectivity index (χ1v) is 9.20. The van der Waals surface area contributed by atoms with Gasteiger partial charge in [0.1, 0.15) is 12.7 Å². The number of ether oxygens (including phenoxy) is 3. The summed E-state index contributed by atoms with van der Waals surface area (Å²) in [5.74, 6) is -1.03. The summed E-state index contributed by atoms with van der Waals surface area (Å²) in [6.45, 7) is 5.17. The van der Waals surface area contributed by atoms with E-state index in [4.69, 9.17) is 19.0 Å². The molecule has 0 bridgehead atoms. The highest BCUT2D eigenvalue weighted by Gasteiger charge is 2.48. The Bertz CT molecular complexity index is 709. The summed E-state index contributed by atoms with van der Waals surface area (Å²) in [6.07, 6.45) is -1.13. The molecular weight excluding hydrogens is 352 g/mol. The predicted molar refractivity (Wildman–Crippen MR) is 93.2 cm³/mol. The Kier molecular flexibility index (Phi) is 4.90. The van der Waals surface area contributed by atoms with Crippen molar-refractivity contribution in [3.63, 3.8) is 0 Å². The number of nitrogens with zero attached hydrogens (tertiary/aromatic N) is 2. The van der Waals surface area contributed by atoms with Gasteiger partial charge < -0.3 is 14.2 Å². The van der Waals surface area contributed by atoms with E-state index in [0.29, 0.717) is 19.6 Å². The zero-order valence-electron chi connectivity index (χ0n) is 15.5. The molecule has 4 rings (SSSR count). The molecule has 146 valence electrons. The lowest BCUT2D eigenvalue weighted by atomic mass is 10.0. The van der Waals surface area contributed by atoms with Gasteiger partial charge in [-0.2, -0.15) is 5.06 Å². The Morgan fingerprint density at radius 1 is 1.26 bits per heavy atom. The molecule has 1 aromatic carbocycles. The first-order chi connectivity index (χ1) is 12.9. The Morgan fingerprint density at radius 3 is 2.67 bits per heavy atom. The smallest absolute Gasteiger partial charge is 0.416 e. The molecule has 2 amide bonds. The third-order valence-corrected chi connectivity index (χ3v) is 5.03. The van der Waals surface area contributed by atoms with Gasteiger partial charge in [0.2, 0.25) is 0 Å². The molecule has 3 heterocycles. The van der Waals surface area contributed by atoms with Crippen LogP contribution in [0, 0.1) is 0 Å². The number of hydrogen-bond acceptors (Lipinski definition) is 7. The van der Waals surface area contributed by atoms with Crippen molar-refractivity contribution in [3.05, 3.63) is 35.9 Å². The molecule has 3 aliphatic rings. The number of cyclic esters (lactones) is 1. The van der Waals surface area contributed by atoms with Gasteiger partial charge in [-0.15, -0.1) is 0 Å². The highest BCUT2D eigenvalue weighted by atomic mass is 16.8. The number of hydrogen-bond donors (Lipinski definition) is 0. The van der Waals surface area contributed by atoms with Gasteiger partial charge >= 0.3 is 6.09 Å². The summed E-state index contributed by atoms with van der Waals surface area (Å²) in [4.78, 5) is 31.6. The fourth-order valence-corrected chi connectivity index (χ4v) is 3.70. The van der Waals surface area contributed by atoms with Gasteiger partial charge in [0.05, 0.1) is 19.2 Å². The zero-order chi connectivity index (χ0) is 19.0. The maximum absolute atomic E-state index is 12.7. The molecule has 8 nitrogen and oxygen atoms in total. The van der Waals surface area contributed by atoms with Crippen LogP contribution in [0.2, 0.25) is 0 Å². The maximum Gasteiger partial charge on any atom is 0.416 e. The summed E-state index contributed by atoms with van der Waals surface area (Å²) in [5, 5.41) is 1.79. The highest BCUT2D eigenvalue weighted by Crippen LogP contribution is 2.34. The second-order valence-electron chi connectivity index (χ2n) is 7.43. The van der Waals surface area contributed by atoms with Gasteiger partial charge in [-0.3, -0.25) is 9.63 Å². The quantitative estimate of drug-likeness (QED) is 0.791. The van der Waals surface area contributed by atoms with Crippen molar-refractivity contribution in [2.45, 2.75) is 50.8 Å². The summed E-state index contributed by atoms with van der Waals surface area (Å²) in [5.41, 5.74) is 1.06. The number of carbonyl (C=O) groups excluding carboxylic acids is 2. The number of amides is 2. The molecule has 0 aromatic heterocycles. The molecule has 0 radical (unpaired) electrons. The van der Waals surface area contributed by atoms with Crippen LogP contribution < -0.4 is 0 Å². The summed E-state index contributed by atoms with van der Waals surface area (Å²) in [6, 6.07) is 9.73. The Labute approximate surface area is 157 Å². The molecule has 0 aliphatic carbocycles. The van der Waals surface area contributed by atoms with Crippen LogP contribution in [0.4, 0.5) is 4.79 Å². The molecule has 0 unspecified atom stereocenters. The average molecular weight is 376 g/mol. The fraction of sp³-hybridized carbons (Fsp3) is 0.579. The van der Waals surface area contributed by atoms with E-state index in [9.17, 15) is 9.59 Å². The normalized spacial score (nSPS) is 30.7. The average Bonchev–Trinajstić information content (AvgIpc) is 3.34. The van der Waals surface area contributed by atoms with Crippen LogP contribution in [0.3, 0.4) is 0 Å². The highest BCUT2D eigenvalue weighted by molar-refractivity contribution is 5.95. The topological polar surface area (TPSA) is 77.5 Å². The van der Waals surface area contributed by atoms with Crippen molar-refractivity contribution in [2.24, 2.45) is 0 Å². The molecule has 0 spiro atoms. The van der Waals surface area contributed by atoms with Gasteiger partial charge in [0.15, 0.2) is 11.9 Å². The van der Waals surface area contributed by atoms with Gasteiger partial charge in [0.25, 0.3) is 5.91 Å². The molecule has 0 N–H and O–H groups in total. The maximum atomic E-state index is 12.7. The standard InChI is InChI=1S/C19H24N2O6/c1-19(2)25-12-16(26-19)14-10-15(17(22)20-8-9-24-18(20)23)27-21(14)11-13-6-4-3-5-7-13/h3-7,14-16H,8-12H2,1-2H3/t14-,15-,16-/m1/s1. The van der Waals surface area contributed by atoms with E-state index in [-0.39, 0.29) is 31.2 Å². The van der Waals surface area contributed by atoms with E-state index >= 15 is 0 Å². The molecule has 3 fully saturated rings. The lowest BCUT2D eigenvalue weighted by Gasteiger charge is -2.27. The van der Waals surface area contributed by atoms with Crippen LogP contribution in [0.25, 0.3) is 0 Å². The van der Waals surface area contributed by atoms with Crippen LogP contribution in [-0.2, 0) is 30.4 Å². The van der Waals surface area contributed by atoms with Crippen LogP contribution >= 0.6 is 0 Å². The SMILES string of the molecule is CC1(C)OC[C@H]([C@H]2C[C@H](C(=O)N3CCOC3=O)ON2Cc2ccccc2)O1. The number of rotatable bonds is 4. The number of carbonyl (C=O) groups is 2. The van der Waals surface area contributed by atoms with Gasteiger partial charge in [0, 0.05) is 13.0 Å². The van der Waals surface area contributed by atoms with Gasteiger partial charge in [-0.25, -0.2) is 9.69 Å². The van der Waals surface area contributed by atoms with Crippen LogP contribution in [0.5, 0.6) is 0 Å². The van der Waals surface area contributed by atoms with Crippen LogP contribution in [0.1, 0.15) is 25.8 Å². The van der Waals surface area contributed by atoms with E-state index < -0.39 is 18.0 Å². The lowest BCUT2D eigenvalue weighted by Crippen LogP contribution is -2.40. The first kappa shape index (κ1) is 18.4. The number of imide groups is 1. The third-order valence-electron chi connectivity index (χ3n) is 5.03.